The lowest BCUT2D eigenvalue weighted by molar-refractivity contribution is -0.118. The first kappa shape index (κ1) is 17.7. The summed E-state index contributed by atoms with van der Waals surface area (Å²) in [4.78, 5) is 24.7. The van der Waals surface area contributed by atoms with Crippen LogP contribution < -0.4 is 10.6 Å². The van der Waals surface area contributed by atoms with Crippen LogP contribution in [-0.2, 0) is 4.79 Å². The van der Waals surface area contributed by atoms with Crippen LogP contribution in [0, 0.1) is 18.7 Å². The summed E-state index contributed by atoms with van der Waals surface area (Å²) in [5.41, 5.74) is -0.101. The molecule has 2 aromatic rings. The predicted molar refractivity (Wildman–Crippen MR) is 87.0 cm³/mol. The fourth-order valence-electron chi connectivity index (χ4n) is 2.22. The summed E-state index contributed by atoms with van der Waals surface area (Å²) in [6, 6.07) is 6.39. The molecule has 0 unspecified atom stereocenters. The lowest BCUT2D eigenvalue weighted by Gasteiger charge is -2.19. The van der Waals surface area contributed by atoms with Crippen molar-refractivity contribution in [3.63, 3.8) is 0 Å². The number of nitrogens with one attached hydrogen (secondary N) is 2. The molecule has 1 aromatic carbocycles. The first-order valence-electron chi connectivity index (χ1n) is 7.66. The maximum Gasteiger partial charge on any atom is 0.254 e. The van der Waals surface area contributed by atoms with Gasteiger partial charge < -0.3 is 15.2 Å². The molecule has 0 spiro atoms. The standard InChI is InChI=1S/C17H20FN3O3/c1-10(2)8-14(17(23)20-15-9-11(3)24-21-15)19-16(22)12-6-4-5-7-13(12)18/h4-7,9-10,14H,8H2,1-3H3,(H,19,22)(H,20,21,23)/t14-/m0/s1. The molecular weight excluding hydrogens is 313 g/mol. The van der Waals surface area contributed by atoms with Crippen molar-refractivity contribution >= 4 is 17.6 Å². The van der Waals surface area contributed by atoms with Gasteiger partial charge in [-0.2, -0.15) is 0 Å². The van der Waals surface area contributed by atoms with Gasteiger partial charge in [-0.05, 0) is 31.4 Å². The average Bonchev–Trinajstić information content (AvgIpc) is 2.91. The number of anilines is 1. The highest BCUT2D eigenvalue weighted by atomic mass is 19.1. The van der Waals surface area contributed by atoms with Gasteiger partial charge in [0.25, 0.3) is 5.91 Å². The summed E-state index contributed by atoms with van der Waals surface area (Å²) in [7, 11) is 0. The van der Waals surface area contributed by atoms with Gasteiger partial charge in [-0.25, -0.2) is 4.39 Å². The van der Waals surface area contributed by atoms with E-state index < -0.39 is 23.7 Å². The zero-order valence-electron chi connectivity index (χ0n) is 13.8. The highest BCUT2D eigenvalue weighted by Crippen LogP contribution is 2.12. The van der Waals surface area contributed by atoms with Crippen molar-refractivity contribution in [3.05, 3.63) is 47.5 Å². The molecule has 0 aliphatic rings. The number of aryl methyl sites for hydroxylation is 1. The quantitative estimate of drug-likeness (QED) is 0.851. The Bertz CT molecular complexity index is 727. The third-order valence-corrected chi connectivity index (χ3v) is 3.33. The van der Waals surface area contributed by atoms with Crippen molar-refractivity contribution in [2.45, 2.75) is 33.2 Å². The van der Waals surface area contributed by atoms with Crippen LogP contribution in [0.5, 0.6) is 0 Å². The minimum Gasteiger partial charge on any atom is -0.360 e. The summed E-state index contributed by atoms with van der Waals surface area (Å²) in [6.07, 6.45) is 0.406. The number of amides is 2. The van der Waals surface area contributed by atoms with Gasteiger partial charge in [0.05, 0.1) is 5.56 Å². The first-order valence-corrected chi connectivity index (χ1v) is 7.66. The molecule has 0 saturated heterocycles. The van der Waals surface area contributed by atoms with Crippen molar-refractivity contribution in [2.24, 2.45) is 5.92 Å². The van der Waals surface area contributed by atoms with Crippen LogP contribution in [0.4, 0.5) is 10.2 Å². The Balaban J connectivity index is 2.11. The second-order valence-corrected chi connectivity index (χ2v) is 5.95. The molecule has 1 heterocycles. The molecule has 1 aromatic heterocycles. The number of carbonyl (C=O) groups is 2. The number of hydrogen-bond donors (Lipinski definition) is 2. The second-order valence-electron chi connectivity index (χ2n) is 5.95. The van der Waals surface area contributed by atoms with Gasteiger partial charge in [-0.15, -0.1) is 0 Å². The zero-order chi connectivity index (χ0) is 17.7. The molecule has 0 aliphatic heterocycles. The van der Waals surface area contributed by atoms with Gasteiger partial charge in [-0.3, -0.25) is 9.59 Å². The van der Waals surface area contributed by atoms with Gasteiger partial charge in [0.2, 0.25) is 5.91 Å². The lowest BCUT2D eigenvalue weighted by Crippen LogP contribution is -2.44. The van der Waals surface area contributed by atoms with Crippen molar-refractivity contribution in [3.8, 4) is 0 Å². The van der Waals surface area contributed by atoms with E-state index in [1.54, 1.807) is 19.1 Å². The van der Waals surface area contributed by atoms with E-state index in [9.17, 15) is 14.0 Å². The number of benzene rings is 1. The molecule has 0 aliphatic carbocycles. The van der Waals surface area contributed by atoms with Gasteiger partial charge in [-0.1, -0.05) is 31.1 Å². The van der Waals surface area contributed by atoms with Crippen molar-refractivity contribution in [1.82, 2.24) is 10.5 Å². The summed E-state index contributed by atoms with van der Waals surface area (Å²) in [6.45, 7) is 5.56. The van der Waals surface area contributed by atoms with Crippen molar-refractivity contribution < 1.29 is 18.5 Å². The van der Waals surface area contributed by atoms with E-state index >= 15 is 0 Å². The topological polar surface area (TPSA) is 84.2 Å². The number of aromatic nitrogens is 1. The van der Waals surface area contributed by atoms with Crippen molar-refractivity contribution in [1.29, 1.82) is 0 Å². The fourth-order valence-corrected chi connectivity index (χ4v) is 2.22. The van der Waals surface area contributed by atoms with Crippen LogP contribution in [0.25, 0.3) is 0 Å². The molecule has 24 heavy (non-hydrogen) atoms. The SMILES string of the molecule is Cc1cc(NC(=O)[C@H](CC(C)C)NC(=O)c2ccccc2F)no1. The Morgan fingerprint density at radius 1 is 1.29 bits per heavy atom. The van der Waals surface area contributed by atoms with Crippen LogP contribution in [0.3, 0.4) is 0 Å². The van der Waals surface area contributed by atoms with Crippen LogP contribution in [0.1, 0.15) is 36.4 Å². The molecule has 0 saturated carbocycles. The van der Waals surface area contributed by atoms with E-state index in [1.807, 2.05) is 13.8 Å². The number of rotatable bonds is 6. The highest BCUT2D eigenvalue weighted by Gasteiger charge is 2.24. The normalized spacial score (nSPS) is 12.0. The van der Waals surface area contributed by atoms with Gasteiger partial charge in [0.15, 0.2) is 5.82 Å². The molecule has 2 rings (SSSR count). The van der Waals surface area contributed by atoms with Crippen LogP contribution >= 0.6 is 0 Å². The van der Waals surface area contributed by atoms with E-state index in [4.69, 9.17) is 4.52 Å². The maximum absolute atomic E-state index is 13.7. The number of hydrogen-bond acceptors (Lipinski definition) is 4. The highest BCUT2D eigenvalue weighted by molar-refractivity contribution is 6.00. The van der Waals surface area contributed by atoms with E-state index in [1.165, 1.54) is 18.2 Å². The van der Waals surface area contributed by atoms with Gasteiger partial charge in [0.1, 0.15) is 17.6 Å². The molecular formula is C17H20FN3O3. The average molecular weight is 333 g/mol. The Kier molecular flexibility index (Phi) is 5.68. The number of halogens is 1. The van der Waals surface area contributed by atoms with Crippen molar-refractivity contribution in [2.75, 3.05) is 5.32 Å². The van der Waals surface area contributed by atoms with E-state index in [0.717, 1.165) is 0 Å². The predicted octanol–water partition coefficient (Wildman–Crippen LogP) is 2.91. The Morgan fingerprint density at radius 2 is 2.00 bits per heavy atom. The minimum absolute atomic E-state index is 0.101. The van der Waals surface area contributed by atoms with E-state index in [-0.39, 0.29) is 17.3 Å². The van der Waals surface area contributed by atoms with Gasteiger partial charge in [0, 0.05) is 6.07 Å². The van der Waals surface area contributed by atoms with Crippen LogP contribution in [-0.4, -0.2) is 23.0 Å². The maximum atomic E-state index is 13.7. The van der Waals surface area contributed by atoms with E-state index in [2.05, 4.69) is 15.8 Å². The molecule has 0 fully saturated rings. The third-order valence-electron chi connectivity index (χ3n) is 3.33. The summed E-state index contributed by atoms with van der Waals surface area (Å²) in [5, 5.41) is 8.86. The molecule has 6 nitrogen and oxygen atoms in total. The molecule has 2 amide bonds. The zero-order valence-corrected chi connectivity index (χ0v) is 13.8. The third kappa shape index (κ3) is 4.65. The molecule has 7 heteroatoms. The largest absolute Gasteiger partial charge is 0.360 e. The lowest BCUT2D eigenvalue weighted by atomic mass is 10.0. The van der Waals surface area contributed by atoms with Crippen LogP contribution in [0.15, 0.2) is 34.9 Å². The first-order chi connectivity index (χ1) is 11.4. The molecule has 0 bridgehead atoms. The molecule has 2 N–H and O–H groups in total. The van der Waals surface area contributed by atoms with E-state index in [0.29, 0.717) is 12.2 Å². The Labute approximate surface area is 139 Å². The summed E-state index contributed by atoms with van der Waals surface area (Å²) >= 11 is 0. The fraction of sp³-hybridized carbons (Fsp3) is 0.353. The van der Waals surface area contributed by atoms with Gasteiger partial charge >= 0.3 is 0 Å². The summed E-state index contributed by atoms with van der Waals surface area (Å²) < 4.78 is 18.6. The van der Waals surface area contributed by atoms with Crippen LogP contribution in [0.2, 0.25) is 0 Å². The second kappa shape index (κ2) is 7.72. The monoisotopic (exact) mass is 333 g/mol. The molecule has 0 radical (unpaired) electrons. The smallest absolute Gasteiger partial charge is 0.254 e. The Morgan fingerprint density at radius 3 is 2.58 bits per heavy atom. The number of carbonyl (C=O) groups excluding carboxylic acids is 2. The summed E-state index contributed by atoms with van der Waals surface area (Å²) in [5.74, 6) is -0.717. The Hall–Kier alpha value is -2.70. The number of nitrogens with zero attached hydrogens (tertiary/aromatic N) is 1. The molecule has 128 valence electrons. The minimum atomic E-state index is -0.811. The molecule has 1 atom stereocenters.